The van der Waals surface area contributed by atoms with Crippen molar-refractivity contribution in [1.29, 1.82) is 0 Å². The number of aromatic nitrogens is 2. The molecule has 1 atom stereocenters. The van der Waals surface area contributed by atoms with Gasteiger partial charge in [0.15, 0.2) is 0 Å². The average molecular weight is 456 g/mol. The van der Waals surface area contributed by atoms with Gasteiger partial charge in [0.25, 0.3) is 5.91 Å². The summed E-state index contributed by atoms with van der Waals surface area (Å²) in [6, 6.07) is 11.1. The van der Waals surface area contributed by atoms with E-state index < -0.39 is 0 Å². The Morgan fingerprint density at radius 2 is 1.93 bits per heavy atom. The monoisotopic (exact) mass is 455 g/mol. The molecule has 0 radical (unpaired) electrons. The number of nitrogens with two attached hydrogens (primary N) is 1. The maximum absolute atomic E-state index is 12.6. The molecule has 29 heavy (non-hydrogen) atoms. The first-order valence-corrected chi connectivity index (χ1v) is 9.76. The number of carbonyl (C=O) groups excluding carboxylic acids is 1. The van der Waals surface area contributed by atoms with Gasteiger partial charge >= 0.3 is 0 Å². The van der Waals surface area contributed by atoms with Gasteiger partial charge in [0.1, 0.15) is 0 Å². The third-order valence-electron chi connectivity index (χ3n) is 4.82. The van der Waals surface area contributed by atoms with Crippen LogP contribution < -0.4 is 5.73 Å². The Hall–Kier alpha value is -2.13. The number of nitrogens with zero attached hydrogens (tertiary/aromatic N) is 4. The van der Waals surface area contributed by atoms with E-state index in [0.29, 0.717) is 36.1 Å². The van der Waals surface area contributed by atoms with Crippen molar-refractivity contribution in [2.24, 2.45) is 0 Å². The molecule has 2 aromatic heterocycles. The van der Waals surface area contributed by atoms with Gasteiger partial charge in [0.05, 0.1) is 10.9 Å². The molecule has 1 amide bonds. The number of halogens is 2. The number of anilines is 1. The molecule has 1 saturated heterocycles. The van der Waals surface area contributed by atoms with Crippen molar-refractivity contribution in [1.82, 2.24) is 19.9 Å². The number of amides is 1. The van der Waals surface area contributed by atoms with Gasteiger partial charge in [-0.25, -0.2) is 0 Å². The summed E-state index contributed by atoms with van der Waals surface area (Å²) in [6.45, 7) is 4.88. The van der Waals surface area contributed by atoms with Gasteiger partial charge < -0.3 is 15.2 Å². The number of hydrogen-bond acceptors (Lipinski definition) is 7. The molecule has 1 fully saturated rings. The van der Waals surface area contributed by atoms with Crippen molar-refractivity contribution in [3.8, 4) is 10.7 Å². The highest BCUT2D eigenvalue weighted by molar-refractivity contribution is 7.13. The van der Waals surface area contributed by atoms with E-state index >= 15 is 0 Å². The van der Waals surface area contributed by atoms with Crippen LogP contribution in [0.4, 0.5) is 5.69 Å². The van der Waals surface area contributed by atoms with Crippen LogP contribution in [0.2, 0.25) is 0 Å². The number of rotatable bonds is 4. The smallest absolute Gasteiger partial charge is 0.254 e. The minimum atomic E-state index is 0. The Balaban J connectivity index is 0.00000150. The maximum Gasteiger partial charge on any atom is 0.254 e. The fraction of sp³-hybridized carbons (Fsp3) is 0.316. The van der Waals surface area contributed by atoms with E-state index in [1.54, 1.807) is 29.5 Å². The molecule has 10 heteroatoms. The number of benzene rings is 1. The summed E-state index contributed by atoms with van der Waals surface area (Å²) in [5.41, 5.74) is 7.02. The molecule has 0 aliphatic carbocycles. The number of piperazine rings is 1. The average Bonchev–Trinajstić information content (AvgIpc) is 3.38. The molecule has 0 saturated carbocycles. The summed E-state index contributed by atoms with van der Waals surface area (Å²) in [7, 11) is 0. The molecule has 1 unspecified atom stereocenters. The second kappa shape index (κ2) is 10.1. The Kier molecular flexibility index (Phi) is 8.04. The van der Waals surface area contributed by atoms with Crippen LogP contribution in [-0.4, -0.2) is 52.0 Å². The lowest BCUT2D eigenvalue weighted by Gasteiger charge is -2.36. The Morgan fingerprint density at radius 3 is 2.59 bits per heavy atom. The van der Waals surface area contributed by atoms with Crippen LogP contribution >= 0.6 is 36.2 Å². The molecule has 2 N–H and O–H groups in total. The fourth-order valence-corrected chi connectivity index (χ4v) is 3.88. The standard InChI is InChI=1S/C19H21N5O2S.2ClH/c1-13(18-21-17(22-26-18)16-6-3-11-27-16)23-7-9-24(10-8-23)19(25)14-4-2-5-15(20)12-14;;/h2-6,11-13H,7-10,20H2,1H3;2*1H. The van der Waals surface area contributed by atoms with Crippen molar-refractivity contribution in [3.05, 3.63) is 53.2 Å². The van der Waals surface area contributed by atoms with Gasteiger partial charge in [0, 0.05) is 37.4 Å². The Bertz CT molecular complexity index is 926. The first-order valence-electron chi connectivity index (χ1n) is 8.88. The largest absolute Gasteiger partial charge is 0.399 e. The van der Waals surface area contributed by atoms with Gasteiger partial charge in [-0.3, -0.25) is 9.69 Å². The minimum Gasteiger partial charge on any atom is -0.399 e. The van der Waals surface area contributed by atoms with Gasteiger partial charge in [-0.2, -0.15) is 4.98 Å². The number of hydrogen-bond donors (Lipinski definition) is 1. The van der Waals surface area contributed by atoms with Crippen LogP contribution in [0, 0.1) is 0 Å². The van der Waals surface area contributed by atoms with Crippen molar-refractivity contribution in [2.75, 3.05) is 31.9 Å². The van der Waals surface area contributed by atoms with Crippen LogP contribution in [0.5, 0.6) is 0 Å². The highest BCUT2D eigenvalue weighted by atomic mass is 35.5. The predicted octanol–water partition coefficient (Wildman–Crippen LogP) is 3.74. The highest BCUT2D eigenvalue weighted by Crippen LogP contribution is 2.26. The number of thiophene rings is 1. The van der Waals surface area contributed by atoms with Gasteiger partial charge in [0.2, 0.25) is 11.7 Å². The summed E-state index contributed by atoms with van der Waals surface area (Å²) >= 11 is 1.59. The van der Waals surface area contributed by atoms with E-state index in [1.165, 1.54) is 0 Å². The van der Waals surface area contributed by atoms with Gasteiger partial charge in [-0.15, -0.1) is 36.2 Å². The normalized spacial score (nSPS) is 15.3. The molecule has 156 valence electrons. The minimum absolute atomic E-state index is 0. The molecule has 0 spiro atoms. The van der Waals surface area contributed by atoms with Crippen LogP contribution in [-0.2, 0) is 0 Å². The van der Waals surface area contributed by atoms with E-state index in [4.69, 9.17) is 10.3 Å². The molecule has 1 aliphatic rings. The molecule has 1 aliphatic heterocycles. The highest BCUT2D eigenvalue weighted by Gasteiger charge is 2.28. The Labute approximate surface area is 185 Å². The third-order valence-corrected chi connectivity index (χ3v) is 5.69. The van der Waals surface area contributed by atoms with E-state index in [0.717, 1.165) is 18.0 Å². The van der Waals surface area contributed by atoms with Crippen LogP contribution in [0.25, 0.3) is 10.7 Å². The van der Waals surface area contributed by atoms with Crippen molar-refractivity contribution in [3.63, 3.8) is 0 Å². The van der Waals surface area contributed by atoms with Crippen LogP contribution in [0.3, 0.4) is 0 Å². The lowest BCUT2D eigenvalue weighted by atomic mass is 10.1. The van der Waals surface area contributed by atoms with Crippen molar-refractivity contribution < 1.29 is 9.32 Å². The summed E-state index contributed by atoms with van der Waals surface area (Å²) in [5.74, 6) is 1.25. The topological polar surface area (TPSA) is 88.5 Å². The van der Waals surface area contributed by atoms with Crippen molar-refractivity contribution in [2.45, 2.75) is 13.0 Å². The molecule has 3 aromatic rings. The SMILES string of the molecule is CC(c1nc(-c2cccs2)no1)N1CCN(C(=O)c2cccc(N)c2)CC1.Cl.Cl. The molecule has 0 bridgehead atoms. The number of carbonyl (C=O) groups is 1. The first-order chi connectivity index (χ1) is 13.1. The maximum atomic E-state index is 12.6. The lowest BCUT2D eigenvalue weighted by molar-refractivity contribution is 0.0551. The molecule has 3 heterocycles. The molecular weight excluding hydrogens is 433 g/mol. The Morgan fingerprint density at radius 1 is 1.17 bits per heavy atom. The summed E-state index contributed by atoms with van der Waals surface area (Å²) in [5, 5.41) is 6.08. The summed E-state index contributed by atoms with van der Waals surface area (Å²) in [4.78, 5) is 22.3. The van der Waals surface area contributed by atoms with Gasteiger partial charge in [-0.05, 0) is 36.6 Å². The predicted molar refractivity (Wildman–Crippen MR) is 119 cm³/mol. The fourth-order valence-electron chi connectivity index (χ4n) is 3.23. The van der Waals surface area contributed by atoms with Gasteiger partial charge in [-0.1, -0.05) is 17.3 Å². The van der Waals surface area contributed by atoms with E-state index in [1.807, 2.05) is 28.5 Å². The zero-order valence-corrected chi connectivity index (χ0v) is 18.3. The quantitative estimate of drug-likeness (QED) is 0.602. The zero-order valence-electron chi connectivity index (χ0n) is 15.9. The summed E-state index contributed by atoms with van der Waals surface area (Å²) < 4.78 is 5.47. The molecular formula is C19H23Cl2N5O2S. The molecule has 7 nitrogen and oxygen atoms in total. The zero-order chi connectivity index (χ0) is 18.8. The van der Waals surface area contributed by atoms with E-state index in [2.05, 4.69) is 22.0 Å². The lowest BCUT2D eigenvalue weighted by Crippen LogP contribution is -2.49. The second-order valence-corrected chi connectivity index (χ2v) is 7.51. The number of nitrogen functional groups attached to an aromatic ring is 1. The van der Waals surface area contributed by atoms with Crippen LogP contribution in [0.15, 0.2) is 46.3 Å². The first kappa shape index (κ1) is 23.2. The summed E-state index contributed by atoms with van der Waals surface area (Å²) in [6.07, 6.45) is 0. The molecule has 4 rings (SSSR count). The third kappa shape index (κ3) is 5.08. The van der Waals surface area contributed by atoms with E-state index in [-0.39, 0.29) is 36.8 Å². The van der Waals surface area contributed by atoms with E-state index in [9.17, 15) is 4.79 Å². The van der Waals surface area contributed by atoms with Crippen molar-refractivity contribution >= 4 is 47.7 Å². The van der Waals surface area contributed by atoms with Crippen LogP contribution in [0.1, 0.15) is 29.2 Å². The molecule has 1 aromatic carbocycles. The second-order valence-electron chi connectivity index (χ2n) is 6.56.